The molecule has 3 heterocycles. The van der Waals surface area contributed by atoms with Crippen LogP contribution in [0.1, 0.15) is 32.2 Å². The Morgan fingerprint density at radius 3 is 2.44 bits per heavy atom. The summed E-state index contributed by atoms with van der Waals surface area (Å²) in [5, 5.41) is 17.4. The van der Waals surface area contributed by atoms with Crippen LogP contribution in [-0.2, 0) is 30.7 Å². The van der Waals surface area contributed by atoms with Crippen molar-refractivity contribution in [3.63, 3.8) is 0 Å². The second kappa shape index (κ2) is 8.36. The van der Waals surface area contributed by atoms with Gasteiger partial charge in [-0.1, -0.05) is 12.1 Å². The Morgan fingerprint density at radius 1 is 1.15 bits per heavy atom. The van der Waals surface area contributed by atoms with Gasteiger partial charge in [0.05, 0.1) is 12.1 Å². The lowest BCUT2D eigenvalue weighted by atomic mass is 10.1. The molecule has 1 aliphatic carbocycles. The Bertz CT molecular complexity index is 915. The van der Waals surface area contributed by atoms with Crippen LogP contribution in [0.2, 0.25) is 0 Å². The fourth-order valence-electron chi connectivity index (χ4n) is 3.39. The van der Waals surface area contributed by atoms with E-state index in [1.54, 1.807) is 34.0 Å². The van der Waals surface area contributed by atoms with E-state index in [1.165, 1.54) is 14.6 Å². The zero-order valence-electron chi connectivity index (χ0n) is 14.7. The van der Waals surface area contributed by atoms with Crippen LogP contribution in [0.3, 0.4) is 0 Å². The number of anilines is 1. The molecule has 0 spiro atoms. The first kappa shape index (κ1) is 18.4. The van der Waals surface area contributed by atoms with Crippen molar-refractivity contribution in [2.24, 2.45) is 0 Å². The predicted octanol–water partition coefficient (Wildman–Crippen LogP) is 4.87. The number of rotatable bonds is 7. The molecule has 0 saturated heterocycles. The van der Waals surface area contributed by atoms with Gasteiger partial charge in [-0.05, 0) is 47.7 Å². The highest BCUT2D eigenvalue weighted by Gasteiger charge is 2.23. The summed E-state index contributed by atoms with van der Waals surface area (Å²) in [6, 6.07) is 10.6. The number of nitrogens with one attached hydrogen (secondary N) is 1. The number of aryl methyl sites for hydroxylation is 1. The summed E-state index contributed by atoms with van der Waals surface area (Å²) in [6.07, 6.45) is 3.08. The second-order valence-corrected chi connectivity index (χ2v) is 9.70. The highest BCUT2D eigenvalue weighted by Crippen LogP contribution is 2.38. The van der Waals surface area contributed by atoms with Gasteiger partial charge in [0.25, 0.3) is 0 Å². The third-order valence-corrected chi connectivity index (χ3v) is 7.50. The summed E-state index contributed by atoms with van der Waals surface area (Å²) in [4.78, 5) is 18.6. The number of thiophene rings is 3. The van der Waals surface area contributed by atoms with Gasteiger partial charge >= 0.3 is 0 Å². The largest absolute Gasteiger partial charge is 0.315 e. The van der Waals surface area contributed by atoms with Crippen LogP contribution in [0.15, 0.2) is 35.0 Å². The number of carbonyl (C=O) groups excluding carboxylic acids is 1. The number of hydrogen-bond donors (Lipinski definition) is 1. The summed E-state index contributed by atoms with van der Waals surface area (Å²) in [6.45, 7) is 1.80. The van der Waals surface area contributed by atoms with Gasteiger partial charge in [0, 0.05) is 27.7 Å². The number of nitriles is 1. The lowest BCUT2D eigenvalue weighted by molar-refractivity contribution is -0.117. The molecular weight excluding hydrogens is 394 g/mol. The van der Waals surface area contributed by atoms with Crippen LogP contribution in [0, 0.1) is 11.3 Å². The van der Waals surface area contributed by atoms with E-state index in [1.807, 2.05) is 12.1 Å². The number of fused-ring (bicyclic) bond motifs is 1. The SMILES string of the molecule is N#Cc1c(NC(=O)CN(Cc2cccs2)Cc2cccs2)sc2c1CCC2. The van der Waals surface area contributed by atoms with Gasteiger partial charge in [0.1, 0.15) is 11.1 Å². The molecule has 7 heteroatoms. The average Bonchev–Trinajstić information content (AvgIpc) is 3.40. The molecule has 1 amide bonds. The third-order valence-electron chi connectivity index (χ3n) is 4.57. The zero-order valence-corrected chi connectivity index (χ0v) is 17.2. The molecule has 0 aliphatic heterocycles. The van der Waals surface area contributed by atoms with Gasteiger partial charge in [0.2, 0.25) is 5.91 Å². The summed E-state index contributed by atoms with van der Waals surface area (Å²) in [5.74, 6) is -0.0560. The van der Waals surface area contributed by atoms with E-state index in [0.717, 1.165) is 42.9 Å². The van der Waals surface area contributed by atoms with Crippen molar-refractivity contribution in [2.75, 3.05) is 11.9 Å². The zero-order chi connectivity index (χ0) is 18.6. The van der Waals surface area contributed by atoms with Crippen LogP contribution >= 0.6 is 34.0 Å². The molecule has 27 heavy (non-hydrogen) atoms. The van der Waals surface area contributed by atoms with Crippen molar-refractivity contribution in [3.05, 3.63) is 60.8 Å². The molecule has 0 radical (unpaired) electrons. The van der Waals surface area contributed by atoms with Gasteiger partial charge in [-0.25, -0.2) is 0 Å². The van der Waals surface area contributed by atoms with E-state index in [-0.39, 0.29) is 5.91 Å². The van der Waals surface area contributed by atoms with Crippen LogP contribution < -0.4 is 5.32 Å². The Balaban J connectivity index is 1.46. The van der Waals surface area contributed by atoms with E-state index in [9.17, 15) is 10.1 Å². The van der Waals surface area contributed by atoms with E-state index in [4.69, 9.17) is 0 Å². The number of hydrogen-bond acceptors (Lipinski definition) is 6. The molecule has 0 fully saturated rings. The van der Waals surface area contributed by atoms with Crippen molar-refractivity contribution >= 4 is 44.9 Å². The summed E-state index contributed by atoms with van der Waals surface area (Å²) in [7, 11) is 0. The topological polar surface area (TPSA) is 56.1 Å². The average molecular weight is 414 g/mol. The Kier molecular flexibility index (Phi) is 5.69. The minimum atomic E-state index is -0.0560. The van der Waals surface area contributed by atoms with E-state index in [2.05, 4.69) is 39.2 Å². The van der Waals surface area contributed by atoms with Crippen LogP contribution in [0.5, 0.6) is 0 Å². The first-order chi connectivity index (χ1) is 13.2. The Labute approximate surface area is 170 Å². The first-order valence-electron chi connectivity index (χ1n) is 8.84. The highest BCUT2D eigenvalue weighted by atomic mass is 32.1. The van der Waals surface area contributed by atoms with Crippen LogP contribution in [0.25, 0.3) is 0 Å². The highest BCUT2D eigenvalue weighted by molar-refractivity contribution is 7.16. The molecule has 4 nitrogen and oxygen atoms in total. The lowest BCUT2D eigenvalue weighted by Crippen LogP contribution is -2.32. The minimum Gasteiger partial charge on any atom is -0.315 e. The van der Waals surface area contributed by atoms with E-state index >= 15 is 0 Å². The molecule has 138 valence electrons. The fraction of sp³-hybridized carbons (Fsp3) is 0.300. The molecule has 0 atom stereocenters. The number of carbonyl (C=O) groups is 1. The van der Waals surface area contributed by atoms with E-state index < -0.39 is 0 Å². The quantitative estimate of drug-likeness (QED) is 0.601. The maximum atomic E-state index is 12.7. The standard InChI is InChI=1S/C20H19N3OS3/c21-10-17-16-6-1-7-18(16)27-20(17)22-19(24)13-23(11-14-4-2-8-25-14)12-15-5-3-9-26-15/h2-5,8-9H,1,6-7,11-13H2,(H,22,24). The van der Waals surface area contributed by atoms with Gasteiger partial charge in [-0.2, -0.15) is 5.26 Å². The van der Waals surface area contributed by atoms with Gasteiger partial charge < -0.3 is 5.32 Å². The van der Waals surface area contributed by atoms with Crippen molar-refractivity contribution in [2.45, 2.75) is 32.4 Å². The molecule has 1 N–H and O–H groups in total. The fourth-order valence-corrected chi connectivity index (χ4v) is 6.14. The molecule has 4 rings (SSSR count). The maximum Gasteiger partial charge on any atom is 0.239 e. The normalized spacial score (nSPS) is 12.9. The Hall–Kier alpha value is -1.98. The second-order valence-electron chi connectivity index (χ2n) is 6.53. The van der Waals surface area contributed by atoms with Crippen LogP contribution in [0.4, 0.5) is 5.00 Å². The smallest absolute Gasteiger partial charge is 0.239 e. The summed E-state index contributed by atoms with van der Waals surface area (Å²) < 4.78 is 0. The van der Waals surface area contributed by atoms with Gasteiger partial charge in [-0.3, -0.25) is 9.69 Å². The predicted molar refractivity (Wildman–Crippen MR) is 112 cm³/mol. The molecule has 0 aromatic carbocycles. The lowest BCUT2D eigenvalue weighted by Gasteiger charge is -2.20. The van der Waals surface area contributed by atoms with Crippen molar-refractivity contribution in [1.29, 1.82) is 5.26 Å². The molecule has 1 aliphatic rings. The molecule has 0 bridgehead atoms. The Morgan fingerprint density at radius 2 is 1.85 bits per heavy atom. The van der Waals surface area contributed by atoms with Crippen molar-refractivity contribution in [1.82, 2.24) is 4.90 Å². The maximum absolute atomic E-state index is 12.7. The molecule has 0 saturated carbocycles. The molecule has 0 unspecified atom stereocenters. The number of nitrogens with zero attached hydrogens (tertiary/aromatic N) is 2. The summed E-state index contributed by atoms with van der Waals surface area (Å²) >= 11 is 4.98. The van der Waals surface area contributed by atoms with E-state index in [0.29, 0.717) is 12.1 Å². The monoisotopic (exact) mass is 413 g/mol. The first-order valence-corrected chi connectivity index (χ1v) is 11.4. The minimum absolute atomic E-state index is 0.0560. The van der Waals surface area contributed by atoms with Gasteiger partial charge in [0.15, 0.2) is 0 Å². The van der Waals surface area contributed by atoms with Crippen molar-refractivity contribution in [3.8, 4) is 6.07 Å². The van der Waals surface area contributed by atoms with Gasteiger partial charge in [-0.15, -0.1) is 34.0 Å². The third kappa shape index (κ3) is 4.30. The summed E-state index contributed by atoms with van der Waals surface area (Å²) in [5.41, 5.74) is 1.82. The molecule has 3 aromatic heterocycles. The molecular formula is C20H19N3OS3. The number of amides is 1. The van der Waals surface area contributed by atoms with Crippen LogP contribution in [-0.4, -0.2) is 17.4 Å². The van der Waals surface area contributed by atoms with Crippen molar-refractivity contribution < 1.29 is 4.79 Å². The molecule has 3 aromatic rings.